The van der Waals surface area contributed by atoms with Gasteiger partial charge in [-0.15, -0.1) is 0 Å². The normalized spacial score (nSPS) is 11.3. The van der Waals surface area contributed by atoms with Crippen LogP contribution in [0.3, 0.4) is 0 Å². The highest BCUT2D eigenvalue weighted by Crippen LogP contribution is 2.30. The monoisotopic (exact) mass is 386 g/mol. The molecule has 0 spiro atoms. The van der Waals surface area contributed by atoms with E-state index in [1.807, 2.05) is 30.3 Å². The van der Waals surface area contributed by atoms with Crippen molar-refractivity contribution in [1.82, 2.24) is 9.88 Å². The Bertz CT molecular complexity index is 1060. The molecular weight excluding hydrogens is 369 g/mol. The molecule has 0 saturated heterocycles. The van der Waals surface area contributed by atoms with Gasteiger partial charge in [-0.25, -0.2) is 0 Å². The SMILES string of the molecule is Cc1cc(C(=O)NCc2ccccc2)c(=O)n(-c2cccc(C(F)(F)F)c2)c1. The molecule has 144 valence electrons. The van der Waals surface area contributed by atoms with Crippen LogP contribution in [0, 0.1) is 6.92 Å². The first-order chi connectivity index (χ1) is 13.3. The fraction of sp³-hybridized carbons (Fsp3) is 0.143. The molecular formula is C21H17F3N2O2. The fourth-order valence-corrected chi connectivity index (χ4v) is 2.78. The van der Waals surface area contributed by atoms with E-state index in [1.54, 1.807) is 6.92 Å². The van der Waals surface area contributed by atoms with Gasteiger partial charge < -0.3 is 5.32 Å². The third-order valence-electron chi connectivity index (χ3n) is 4.15. The van der Waals surface area contributed by atoms with E-state index in [0.29, 0.717) is 5.56 Å². The van der Waals surface area contributed by atoms with Crippen LogP contribution in [-0.2, 0) is 12.7 Å². The van der Waals surface area contributed by atoms with Gasteiger partial charge in [0, 0.05) is 18.4 Å². The number of aromatic nitrogens is 1. The number of carbonyl (C=O) groups is 1. The van der Waals surface area contributed by atoms with Gasteiger partial charge in [-0.1, -0.05) is 36.4 Å². The molecule has 0 aliphatic carbocycles. The molecule has 2 aromatic carbocycles. The Balaban J connectivity index is 1.94. The lowest BCUT2D eigenvalue weighted by Crippen LogP contribution is -2.32. The molecule has 7 heteroatoms. The van der Waals surface area contributed by atoms with Crippen molar-refractivity contribution < 1.29 is 18.0 Å². The third kappa shape index (κ3) is 4.31. The zero-order valence-corrected chi connectivity index (χ0v) is 15.0. The molecule has 4 nitrogen and oxygen atoms in total. The average molecular weight is 386 g/mol. The number of hydrogen-bond donors (Lipinski definition) is 1. The van der Waals surface area contributed by atoms with Gasteiger partial charge in [0.1, 0.15) is 5.56 Å². The summed E-state index contributed by atoms with van der Waals surface area (Å²) in [5.74, 6) is -0.585. The maximum atomic E-state index is 13.0. The Morgan fingerprint density at radius 2 is 1.75 bits per heavy atom. The van der Waals surface area contributed by atoms with Crippen LogP contribution < -0.4 is 10.9 Å². The summed E-state index contributed by atoms with van der Waals surface area (Å²) in [6.45, 7) is 1.90. The molecule has 0 unspecified atom stereocenters. The van der Waals surface area contributed by atoms with Crippen molar-refractivity contribution in [2.45, 2.75) is 19.6 Å². The molecule has 0 fully saturated rings. The van der Waals surface area contributed by atoms with Crippen molar-refractivity contribution in [3.63, 3.8) is 0 Å². The number of benzene rings is 2. The second-order valence-corrected chi connectivity index (χ2v) is 6.32. The second-order valence-electron chi connectivity index (χ2n) is 6.32. The number of halogens is 3. The molecule has 0 bridgehead atoms. The number of nitrogens with zero attached hydrogens (tertiary/aromatic N) is 1. The summed E-state index contributed by atoms with van der Waals surface area (Å²) in [4.78, 5) is 25.3. The van der Waals surface area contributed by atoms with Crippen LogP contribution in [0.25, 0.3) is 5.69 Å². The zero-order valence-electron chi connectivity index (χ0n) is 15.0. The topological polar surface area (TPSA) is 51.1 Å². The van der Waals surface area contributed by atoms with Crippen LogP contribution in [0.15, 0.2) is 71.7 Å². The Morgan fingerprint density at radius 3 is 2.43 bits per heavy atom. The Morgan fingerprint density at radius 1 is 1.04 bits per heavy atom. The van der Waals surface area contributed by atoms with E-state index in [9.17, 15) is 22.8 Å². The van der Waals surface area contributed by atoms with E-state index in [-0.39, 0.29) is 17.8 Å². The predicted octanol–water partition coefficient (Wildman–Crippen LogP) is 4.09. The van der Waals surface area contributed by atoms with Gasteiger partial charge in [0.2, 0.25) is 0 Å². The summed E-state index contributed by atoms with van der Waals surface area (Å²) in [6.07, 6.45) is -3.12. The molecule has 0 aliphatic rings. The first kappa shape index (κ1) is 19.4. The number of aryl methyl sites for hydroxylation is 1. The number of amides is 1. The average Bonchev–Trinajstić information content (AvgIpc) is 2.68. The first-order valence-electron chi connectivity index (χ1n) is 8.49. The Hall–Kier alpha value is -3.35. The first-order valence-corrected chi connectivity index (χ1v) is 8.49. The molecule has 1 N–H and O–H groups in total. The van der Waals surface area contributed by atoms with Crippen LogP contribution in [-0.4, -0.2) is 10.5 Å². The van der Waals surface area contributed by atoms with Crippen LogP contribution in [0.5, 0.6) is 0 Å². The van der Waals surface area contributed by atoms with Crippen LogP contribution in [0.4, 0.5) is 13.2 Å². The summed E-state index contributed by atoms with van der Waals surface area (Å²) < 4.78 is 40.0. The molecule has 28 heavy (non-hydrogen) atoms. The minimum atomic E-state index is -4.53. The number of rotatable bonds is 4. The highest BCUT2D eigenvalue weighted by Gasteiger charge is 2.30. The minimum Gasteiger partial charge on any atom is -0.348 e. The maximum Gasteiger partial charge on any atom is 0.416 e. The highest BCUT2D eigenvalue weighted by molar-refractivity contribution is 5.94. The maximum absolute atomic E-state index is 13.0. The second kappa shape index (κ2) is 7.72. The molecule has 0 atom stereocenters. The molecule has 0 radical (unpaired) electrons. The highest BCUT2D eigenvalue weighted by atomic mass is 19.4. The summed E-state index contributed by atoms with van der Waals surface area (Å²) in [7, 11) is 0. The van der Waals surface area contributed by atoms with E-state index in [2.05, 4.69) is 5.32 Å². The van der Waals surface area contributed by atoms with Crippen molar-refractivity contribution in [3.8, 4) is 5.69 Å². The zero-order chi connectivity index (χ0) is 20.3. The molecule has 0 saturated carbocycles. The van der Waals surface area contributed by atoms with Gasteiger partial charge in [0.05, 0.1) is 5.56 Å². The van der Waals surface area contributed by atoms with Gasteiger partial charge in [-0.05, 0) is 42.3 Å². The number of carbonyl (C=O) groups excluding carboxylic acids is 1. The van der Waals surface area contributed by atoms with Gasteiger partial charge in [-0.3, -0.25) is 14.2 Å². The fourth-order valence-electron chi connectivity index (χ4n) is 2.78. The quantitative estimate of drug-likeness (QED) is 0.734. The van der Waals surface area contributed by atoms with Gasteiger partial charge in [0.15, 0.2) is 0 Å². The lowest BCUT2D eigenvalue weighted by molar-refractivity contribution is -0.137. The van der Waals surface area contributed by atoms with Crippen LogP contribution in [0.2, 0.25) is 0 Å². The summed E-state index contributed by atoms with van der Waals surface area (Å²) in [6, 6.07) is 15.0. The van der Waals surface area contributed by atoms with Gasteiger partial charge in [0.25, 0.3) is 11.5 Å². The standard InChI is InChI=1S/C21H17F3N2O2/c1-14-10-18(19(27)25-12-15-6-3-2-4-7-15)20(28)26(13-14)17-9-5-8-16(11-17)21(22,23)24/h2-11,13H,12H2,1H3,(H,25,27). The van der Waals surface area contributed by atoms with E-state index in [0.717, 1.165) is 22.3 Å². The van der Waals surface area contributed by atoms with E-state index in [4.69, 9.17) is 0 Å². The Kier molecular flexibility index (Phi) is 5.35. The molecule has 1 heterocycles. The molecule has 0 aliphatic heterocycles. The molecule has 1 amide bonds. The summed E-state index contributed by atoms with van der Waals surface area (Å²) >= 11 is 0. The van der Waals surface area contributed by atoms with Crippen molar-refractivity contribution in [2.24, 2.45) is 0 Å². The van der Waals surface area contributed by atoms with E-state index < -0.39 is 23.2 Å². The Labute approximate surface area is 159 Å². The number of hydrogen-bond acceptors (Lipinski definition) is 2. The number of pyridine rings is 1. The van der Waals surface area contributed by atoms with Gasteiger partial charge >= 0.3 is 6.18 Å². The largest absolute Gasteiger partial charge is 0.416 e. The molecule has 1 aromatic heterocycles. The van der Waals surface area contributed by atoms with Gasteiger partial charge in [-0.2, -0.15) is 13.2 Å². The predicted molar refractivity (Wildman–Crippen MR) is 99.4 cm³/mol. The number of alkyl halides is 3. The van der Waals surface area contributed by atoms with Crippen molar-refractivity contribution in [3.05, 3.63) is 99.5 Å². The lowest BCUT2D eigenvalue weighted by atomic mass is 10.1. The van der Waals surface area contributed by atoms with Crippen LogP contribution in [0.1, 0.15) is 27.0 Å². The summed E-state index contributed by atoms with van der Waals surface area (Å²) in [5.41, 5.74) is -0.207. The minimum absolute atomic E-state index is 0.0423. The third-order valence-corrected chi connectivity index (χ3v) is 4.15. The van der Waals surface area contributed by atoms with Crippen molar-refractivity contribution >= 4 is 5.91 Å². The smallest absolute Gasteiger partial charge is 0.348 e. The van der Waals surface area contributed by atoms with Crippen molar-refractivity contribution in [1.29, 1.82) is 0 Å². The number of nitrogens with one attached hydrogen (secondary N) is 1. The van der Waals surface area contributed by atoms with Crippen LogP contribution >= 0.6 is 0 Å². The lowest BCUT2D eigenvalue weighted by Gasteiger charge is -2.13. The van der Waals surface area contributed by atoms with E-state index in [1.165, 1.54) is 24.4 Å². The summed E-state index contributed by atoms with van der Waals surface area (Å²) in [5, 5.41) is 2.67. The van der Waals surface area contributed by atoms with Crippen molar-refractivity contribution in [2.75, 3.05) is 0 Å². The van der Waals surface area contributed by atoms with E-state index >= 15 is 0 Å². The molecule has 3 rings (SSSR count). The molecule has 3 aromatic rings.